The highest BCUT2D eigenvalue weighted by Gasteiger charge is 2.30. The van der Waals surface area contributed by atoms with Gasteiger partial charge in [0.15, 0.2) is 0 Å². The molecule has 1 N–H and O–H groups in total. The molecule has 196 valence electrons. The second kappa shape index (κ2) is 14.7. The van der Waals surface area contributed by atoms with Crippen molar-refractivity contribution in [2.75, 3.05) is 5.75 Å². The highest BCUT2D eigenvalue weighted by molar-refractivity contribution is 7.99. The number of carbonyl (C=O) groups excluding carboxylic acids is 2. The molecule has 0 saturated carbocycles. The number of amides is 2. The molecule has 4 nitrogen and oxygen atoms in total. The first-order valence-electron chi connectivity index (χ1n) is 12.2. The van der Waals surface area contributed by atoms with Crippen molar-refractivity contribution in [1.82, 2.24) is 10.2 Å². The first kappa shape index (κ1) is 29.4. The van der Waals surface area contributed by atoms with E-state index in [2.05, 4.69) is 5.32 Å². The standard InChI is InChI=1S/C29H31Cl3N2O2S/c1-3-20(2)33-29(36)27(18-21-7-5-4-6-8-21)34(19-22-9-14-25(31)26(32)17-22)28(35)15-16-37-24-12-10-23(30)11-13-24/h4-14,17,20,27H,3,15-16,18-19H2,1-2H3,(H,33,36)/t20-,27+/m0/s1. The van der Waals surface area contributed by atoms with Crippen molar-refractivity contribution in [1.29, 1.82) is 0 Å². The molecule has 2 amide bonds. The van der Waals surface area contributed by atoms with Crippen LogP contribution in [0.5, 0.6) is 0 Å². The lowest BCUT2D eigenvalue weighted by Gasteiger charge is -2.32. The van der Waals surface area contributed by atoms with E-state index in [1.54, 1.807) is 28.8 Å². The number of thioether (sulfide) groups is 1. The minimum absolute atomic E-state index is 0.00633. The molecule has 0 aliphatic heterocycles. The highest BCUT2D eigenvalue weighted by atomic mass is 35.5. The number of nitrogens with zero attached hydrogens (tertiary/aromatic N) is 1. The summed E-state index contributed by atoms with van der Waals surface area (Å²) in [7, 11) is 0. The number of halogens is 3. The lowest BCUT2D eigenvalue weighted by Crippen LogP contribution is -2.52. The van der Waals surface area contributed by atoms with Crippen molar-refractivity contribution in [2.45, 2.75) is 56.6 Å². The molecule has 3 rings (SSSR count). The fourth-order valence-corrected chi connectivity index (χ4v) is 5.05. The molecule has 0 aliphatic carbocycles. The molecule has 0 saturated heterocycles. The second-order valence-electron chi connectivity index (χ2n) is 8.85. The number of hydrogen-bond acceptors (Lipinski definition) is 3. The highest BCUT2D eigenvalue weighted by Crippen LogP contribution is 2.26. The van der Waals surface area contributed by atoms with Gasteiger partial charge in [-0.3, -0.25) is 9.59 Å². The molecule has 0 aliphatic rings. The van der Waals surface area contributed by atoms with Crippen molar-refractivity contribution >= 4 is 58.4 Å². The van der Waals surface area contributed by atoms with E-state index in [4.69, 9.17) is 34.8 Å². The molecule has 0 fully saturated rings. The Morgan fingerprint density at radius 3 is 2.27 bits per heavy atom. The van der Waals surface area contributed by atoms with Gasteiger partial charge < -0.3 is 10.2 Å². The molecule has 3 aromatic carbocycles. The minimum Gasteiger partial charge on any atom is -0.352 e. The van der Waals surface area contributed by atoms with E-state index in [-0.39, 0.29) is 30.8 Å². The molecule has 0 radical (unpaired) electrons. The fourth-order valence-electron chi connectivity index (χ4n) is 3.76. The Morgan fingerprint density at radius 2 is 1.62 bits per heavy atom. The van der Waals surface area contributed by atoms with E-state index >= 15 is 0 Å². The van der Waals surface area contributed by atoms with Gasteiger partial charge in [0, 0.05) is 41.1 Å². The van der Waals surface area contributed by atoms with E-state index in [9.17, 15) is 9.59 Å². The largest absolute Gasteiger partial charge is 0.352 e. The summed E-state index contributed by atoms with van der Waals surface area (Å²) in [6.07, 6.45) is 1.47. The van der Waals surface area contributed by atoms with E-state index in [1.165, 1.54) is 0 Å². The molecular weight excluding hydrogens is 547 g/mol. The average Bonchev–Trinajstić information content (AvgIpc) is 2.89. The summed E-state index contributed by atoms with van der Waals surface area (Å²) in [6, 6.07) is 21.9. The molecule has 0 bridgehead atoms. The van der Waals surface area contributed by atoms with Crippen LogP contribution in [0.25, 0.3) is 0 Å². The summed E-state index contributed by atoms with van der Waals surface area (Å²) in [5, 5.41) is 4.60. The first-order chi connectivity index (χ1) is 17.8. The summed E-state index contributed by atoms with van der Waals surface area (Å²) >= 11 is 20.0. The van der Waals surface area contributed by atoms with E-state index in [1.807, 2.05) is 74.5 Å². The Bertz CT molecular complexity index is 1180. The van der Waals surface area contributed by atoms with Gasteiger partial charge in [0.05, 0.1) is 10.0 Å². The molecule has 8 heteroatoms. The van der Waals surface area contributed by atoms with Crippen LogP contribution in [0.4, 0.5) is 0 Å². The summed E-state index contributed by atoms with van der Waals surface area (Å²) < 4.78 is 0. The maximum atomic E-state index is 13.7. The van der Waals surface area contributed by atoms with Gasteiger partial charge in [-0.25, -0.2) is 0 Å². The van der Waals surface area contributed by atoms with E-state index < -0.39 is 6.04 Å². The molecule has 2 atom stereocenters. The number of benzene rings is 3. The summed E-state index contributed by atoms with van der Waals surface area (Å²) in [5.41, 5.74) is 1.79. The van der Waals surface area contributed by atoms with Gasteiger partial charge >= 0.3 is 0 Å². The van der Waals surface area contributed by atoms with E-state index in [0.717, 1.165) is 22.4 Å². The van der Waals surface area contributed by atoms with Gasteiger partial charge in [-0.05, 0) is 60.9 Å². The van der Waals surface area contributed by atoms with Crippen LogP contribution in [0.1, 0.15) is 37.8 Å². The monoisotopic (exact) mass is 576 g/mol. The Balaban J connectivity index is 1.87. The third kappa shape index (κ3) is 9.26. The van der Waals surface area contributed by atoms with Gasteiger partial charge in [0.25, 0.3) is 0 Å². The topological polar surface area (TPSA) is 49.4 Å². The van der Waals surface area contributed by atoms with Crippen LogP contribution in [0.3, 0.4) is 0 Å². The first-order valence-corrected chi connectivity index (χ1v) is 14.3. The molecule has 37 heavy (non-hydrogen) atoms. The Kier molecular flexibility index (Phi) is 11.7. The second-order valence-corrected chi connectivity index (χ2v) is 11.3. The number of hydrogen-bond donors (Lipinski definition) is 1. The average molecular weight is 578 g/mol. The zero-order chi connectivity index (χ0) is 26.8. The third-order valence-electron chi connectivity index (χ3n) is 6.01. The van der Waals surface area contributed by atoms with Gasteiger partial charge in [0.2, 0.25) is 11.8 Å². The summed E-state index contributed by atoms with van der Waals surface area (Å²) in [4.78, 5) is 29.9. The van der Waals surface area contributed by atoms with Crippen LogP contribution in [0, 0.1) is 0 Å². The van der Waals surface area contributed by atoms with Gasteiger partial charge in [0.1, 0.15) is 6.04 Å². The summed E-state index contributed by atoms with van der Waals surface area (Å²) in [6.45, 7) is 4.22. The molecular formula is C29H31Cl3N2O2S. The molecule has 0 aromatic heterocycles. The van der Waals surface area contributed by atoms with Crippen molar-refractivity contribution in [2.24, 2.45) is 0 Å². The lowest BCUT2D eigenvalue weighted by molar-refractivity contribution is -0.141. The fraction of sp³-hybridized carbons (Fsp3) is 0.310. The van der Waals surface area contributed by atoms with Crippen molar-refractivity contribution in [3.05, 3.63) is 99.0 Å². The molecule has 3 aromatic rings. The maximum absolute atomic E-state index is 13.7. The normalized spacial score (nSPS) is 12.6. The summed E-state index contributed by atoms with van der Waals surface area (Å²) in [5.74, 6) is 0.299. The molecule has 0 spiro atoms. The molecule has 0 heterocycles. The van der Waals surface area contributed by atoms with Crippen molar-refractivity contribution < 1.29 is 9.59 Å². The number of rotatable bonds is 12. The Labute approximate surface area is 238 Å². The van der Waals surface area contributed by atoms with Crippen LogP contribution in [-0.4, -0.2) is 34.6 Å². The van der Waals surface area contributed by atoms with Crippen molar-refractivity contribution in [3.63, 3.8) is 0 Å². The quantitative estimate of drug-likeness (QED) is 0.225. The van der Waals surface area contributed by atoms with Gasteiger partial charge in [-0.2, -0.15) is 0 Å². The van der Waals surface area contributed by atoms with Crippen LogP contribution in [0.15, 0.2) is 77.7 Å². The number of carbonyl (C=O) groups is 2. The van der Waals surface area contributed by atoms with Crippen LogP contribution >= 0.6 is 46.6 Å². The minimum atomic E-state index is -0.682. The van der Waals surface area contributed by atoms with Crippen molar-refractivity contribution in [3.8, 4) is 0 Å². The zero-order valence-electron chi connectivity index (χ0n) is 20.9. The van der Waals surface area contributed by atoms with Gasteiger partial charge in [-0.15, -0.1) is 11.8 Å². The zero-order valence-corrected chi connectivity index (χ0v) is 24.0. The number of nitrogens with one attached hydrogen (secondary N) is 1. The third-order valence-corrected chi connectivity index (χ3v) is 8.01. The van der Waals surface area contributed by atoms with E-state index in [0.29, 0.717) is 27.2 Å². The predicted molar refractivity (Wildman–Crippen MR) is 156 cm³/mol. The van der Waals surface area contributed by atoms with Gasteiger partial charge in [-0.1, -0.05) is 78.1 Å². The molecule has 0 unspecified atom stereocenters. The van der Waals surface area contributed by atoms with Crippen LogP contribution in [-0.2, 0) is 22.6 Å². The van der Waals surface area contributed by atoms with Crippen LogP contribution < -0.4 is 5.32 Å². The maximum Gasteiger partial charge on any atom is 0.243 e. The SMILES string of the molecule is CC[C@H](C)NC(=O)[C@@H](Cc1ccccc1)N(Cc1ccc(Cl)c(Cl)c1)C(=O)CCSc1ccc(Cl)cc1. The Hall–Kier alpha value is -2.18. The predicted octanol–water partition coefficient (Wildman–Crippen LogP) is 7.68. The Morgan fingerprint density at radius 1 is 0.919 bits per heavy atom. The van der Waals surface area contributed by atoms with Crippen LogP contribution in [0.2, 0.25) is 15.1 Å². The lowest BCUT2D eigenvalue weighted by atomic mass is 10.0. The smallest absolute Gasteiger partial charge is 0.243 e.